The summed E-state index contributed by atoms with van der Waals surface area (Å²) in [7, 11) is -5.45. The number of nitrogens with one attached hydrogen (secondary N) is 6. The first kappa shape index (κ1) is 50.6. The molecule has 0 aliphatic carbocycles. The van der Waals surface area contributed by atoms with Gasteiger partial charge in [-0.3, -0.25) is 37.9 Å². The van der Waals surface area contributed by atoms with Crippen molar-refractivity contribution in [2.75, 3.05) is 13.2 Å². The third kappa shape index (κ3) is 15.8. The van der Waals surface area contributed by atoms with Gasteiger partial charge >= 0.3 is 11.9 Å². The van der Waals surface area contributed by atoms with Crippen LogP contribution in [0.1, 0.15) is 40.5 Å². The Morgan fingerprint density at radius 3 is 2.00 bits per heavy atom. The number of esters is 1. The van der Waals surface area contributed by atoms with Gasteiger partial charge in [-0.15, -0.1) is 0 Å². The van der Waals surface area contributed by atoms with E-state index in [9.17, 15) is 51.6 Å². The molecule has 29 heteroatoms. The molecule has 25 nitrogen and oxygen atoms in total. The summed E-state index contributed by atoms with van der Waals surface area (Å²) in [4.78, 5) is 98.6. The number of cyclic esters (lactones) is 1. The number of aliphatic imine (C=N–C) groups is 3. The number of Topliss-reactive ketones (excluding diaryl/α,β-unsaturated/α-hetero) is 1. The van der Waals surface area contributed by atoms with Crippen molar-refractivity contribution >= 4 is 94.7 Å². The normalized spacial score (nSPS) is 18.6. The number of aliphatic carboxylic acids is 1. The largest absolute Gasteiger partial charge is 0.761 e. The van der Waals surface area contributed by atoms with Gasteiger partial charge in [0.05, 0.1) is 6.61 Å². The van der Waals surface area contributed by atoms with Crippen molar-refractivity contribution in [2.45, 2.75) is 76.8 Å². The quantitative estimate of drug-likeness (QED) is 0.00748. The second kappa shape index (κ2) is 22.5. The molecule has 1 radical (unpaired) electrons. The molecule has 0 spiro atoms. The Balaban J connectivity index is 0.0000162. The summed E-state index contributed by atoms with van der Waals surface area (Å²) in [6.07, 6.45) is -1.66. The maximum atomic E-state index is 13.3. The fraction of sp³-hybridized carbons (Fsp3) is 0.500. The molecule has 0 bridgehead atoms. The molecule has 12 N–H and O–H groups in total. The van der Waals surface area contributed by atoms with Crippen LogP contribution in [-0.4, -0.2) is 132 Å². The molecule has 0 fully saturated rings. The first-order valence-corrected chi connectivity index (χ1v) is 18.1. The first-order chi connectivity index (χ1) is 25.9. The van der Waals surface area contributed by atoms with Gasteiger partial charge in [-0.1, -0.05) is 10.1 Å². The van der Waals surface area contributed by atoms with Crippen molar-refractivity contribution < 1.29 is 98.4 Å². The number of hydrogen-bond donors (Lipinski definition) is 10. The smallest absolute Gasteiger partial charge is 0.363 e. The van der Waals surface area contributed by atoms with Crippen LogP contribution in [0.15, 0.2) is 36.4 Å². The second-order valence-corrected chi connectivity index (χ2v) is 13.5. The van der Waals surface area contributed by atoms with Crippen molar-refractivity contribution in [3.8, 4) is 0 Å². The number of nitrogens with zero attached hydrogens (tertiary/aromatic N) is 3. The summed E-state index contributed by atoms with van der Waals surface area (Å²) >= 11 is 10.3. The first-order valence-electron chi connectivity index (χ1n) is 16.0. The minimum atomic E-state index is -5.45. The van der Waals surface area contributed by atoms with E-state index in [1.54, 1.807) is 0 Å². The number of aliphatic hydroxyl groups excluding tert-OH is 1. The van der Waals surface area contributed by atoms with E-state index >= 15 is 0 Å². The van der Waals surface area contributed by atoms with E-state index in [2.05, 4.69) is 51.1 Å². The van der Waals surface area contributed by atoms with Crippen molar-refractivity contribution in [1.29, 1.82) is 0 Å². The van der Waals surface area contributed by atoms with Crippen molar-refractivity contribution in [1.82, 2.24) is 31.9 Å². The van der Waals surface area contributed by atoms with Crippen molar-refractivity contribution in [2.24, 2.45) is 26.4 Å². The summed E-state index contributed by atoms with van der Waals surface area (Å²) in [5.74, 6) is -8.31. The van der Waals surface area contributed by atoms with Gasteiger partial charge < -0.3 is 88.1 Å². The number of ether oxygens (including phenoxy) is 1. The molecule has 0 aromatic rings. The average Bonchev–Trinajstić information content (AvgIpc) is 3.68. The molecule has 0 aromatic carbocycles. The van der Waals surface area contributed by atoms with Crippen LogP contribution in [0.25, 0.3) is 0 Å². The number of carbonyl (C=O) groups is 7. The molecule has 4 amide bonds. The van der Waals surface area contributed by atoms with E-state index in [1.807, 2.05) is 0 Å². The molecule has 0 saturated heterocycles. The van der Waals surface area contributed by atoms with E-state index in [0.717, 1.165) is 6.92 Å². The van der Waals surface area contributed by atoms with Gasteiger partial charge in [-0.25, -0.2) is 23.2 Å². The van der Waals surface area contributed by atoms with E-state index in [-0.39, 0.29) is 68.9 Å². The molecule has 57 heavy (non-hydrogen) atoms. The van der Waals surface area contributed by atoms with Crippen LogP contribution in [0.3, 0.4) is 0 Å². The van der Waals surface area contributed by atoms with E-state index < -0.39 is 117 Å². The van der Waals surface area contributed by atoms with Gasteiger partial charge in [-0.05, 0) is 34.1 Å². The maximum Gasteiger partial charge on any atom is 0.363 e. The summed E-state index contributed by atoms with van der Waals surface area (Å²) in [5, 5.41) is 31.8. The number of guanidine groups is 1. The third-order valence-electron chi connectivity index (χ3n) is 7.16. The Bertz CT molecular complexity index is 1890. The maximum absolute atomic E-state index is 13.3. The molecule has 2 heterocycles. The van der Waals surface area contributed by atoms with Gasteiger partial charge in [0, 0.05) is 45.7 Å². The SMILES string of the molecule is CC(NC(=O)C(C)NC([S-])=C1N=C(C(NC(=O)C(CO)NC(=O)C(C)NC([S-])=C2N=C(C(=O)CCCN=C(N)N)NC2=O)C(C)OS(=O)(=O)[O-])OC1=O)C(=O)O.[Y]. The van der Waals surface area contributed by atoms with E-state index in [1.165, 1.54) is 20.8 Å². The fourth-order valence-corrected chi connectivity index (χ4v) is 5.34. The van der Waals surface area contributed by atoms with Crippen LogP contribution in [0.2, 0.25) is 0 Å². The minimum absolute atomic E-state index is 0. The standard InChI is InChI=1S/C28H41N11O14S3.Y/c1-9(19(42)32-11(3)26(46)47)34-25(55)17-27(48)52-23(38-17)15(12(4)53-56(49,50)51)37-21(44)13(8-40)35-20(43)10(2)33-24(54)16-22(45)39-18(36-16)14(41)6-5-7-31-28(29)30;/h9-13,15,33-34,40,54-55H,5-8H2,1-4H3,(H,32,42)(H,35,43)(H,37,44)(H,46,47)(H4,29,30,31)(H,36,39,45)(H,49,50,51);/p-3. The van der Waals surface area contributed by atoms with E-state index in [4.69, 9.17) is 46.6 Å². The third-order valence-corrected chi connectivity index (χ3v) is 8.32. The van der Waals surface area contributed by atoms with Crippen LogP contribution in [0.5, 0.6) is 0 Å². The van der Waals surface area contributed by atoms with Crippen LogP contribution < -0.4 is 43.4 Å². The Morgan fingerprint density at radius 1 is 0.912 bits per heavy atom. The van der Waals surface area contributed by atoms with Crippen LogP contribution in [-0.2, 0) is 111 Å². The zero-order valence-corrected chi connectivity index (χ0v) is 35.7. The molecule has 313 valence electrons. The molecule has 6 atom stereocenters. The van der Waals surface area contributed by atoms with Gasteiger partial charge in [0.25, 0.3) is 5.91 Å². The van der Waals surface area contributed by atoms with Crippen LogP contribution in [0.4, 0.5) is 0 Å². The Morgan fingerprint density at radius 2 is 1.47 bits per heavy atom. The Kier molecular flexibility index (Phi) is 19.9. The van der Waals surface area contributed by atoms with Crippen molar-refractivity contribution in [3.05, 3.63) is 21.5 Å². The number of amidine groups is 1. The second-order valence-electron chi connectivity index (χ2n) is 11.7. The minimum Gasteiger partial charge on any atom is -0.761 e. The summed E-state index contributed by atoms with van der Waals surface area (Å²) in [5.41, 5.74) is 9.40. The topological polar surface area (TPSA) is 397 Å². The number of carbonyl (C=O) groups excluding carboxylic acids is 6. The number of rotatable bonds is 21. The van der Waals surface area contributed by atoms with Gasteiger partial charge in [0.15, 0.2) is 17.6 Å². The number of carboxylic acids is 1. The molecule has 6 unspecified atom stereocenters. The predicted octanol–water partition coefficient (Wildman–Crippen LogP) is -6.11. The van der Waals surface area contributed by atoms with Crippen LogP contribution >= 0.6 is 0 Å². The average molecular weight is 938 g/mol. The summed E-state index contributed by atoms with van der Waals surface area (Å²) in [6, 6.07) is -7.48. The van der Waals surface area contributed by atoms with Gasteiger partial charge in [-0.2, -0.15) is 0 Å². The number of carboxylic acid groups (broad SMARTS) is 1. The molecule has 2 aliphatic rings. The molecular weight excluding hydrogens is 899 g/mol. The number of aliphatic hydroxyl groups is 1. The van der Waals surface area contributed by atoms with E-state index in [0.29, 0.717) is 0 Å². The Hall–Kier alpha value is -4.45. The van der Waals surface area contributed by atoms with Gasteiger partial charge in [0.2, 0.25) is 34.0 Å². The molecular formula is C28H38N11O14S3Y-3. The Labute approximate surface area is 360 Å². The summed E-state index contributed by atoms with van der Waals surface area (Å²) < 4.78 is 43.6. The number of nitrogens with two attached hydrogens (primary N) is 2. The van der Waals surface area contributed by atoms with Gasteiger partial charge in [0.1, 0.15) is 47.7 Å². The monoisotopic (exact) mass is 937 g/mol. The molecule has 0 saturated carbocycles. The molecule has 2 rings (SSSR count). The zero-order chi connectivity index (χ0) is 42.7. The zero-order valence-electron chi connectivity index (χ0n) is 30.4. The number of amides is 4. The number of ketones is 1. The van der Waals surface area contributed by atoms with Crippen molar-refractivity contribution in [3.63, 3.8) is 0 Å². The van der Waals surface area contributed by atoms with Crippen LogP contribution in [0, 0.1) is 0 Å². The number of hydrogen-bond acceptors (Lipinski definition) is 20. The molecule has 0 aromatic heterocycles. The molecule has 2 aliphatic heterocycles. The summed E-state index contributed by atoms with van der Waals surface area (Å²) in [6.45, 7) is 3.75. The fourth-order valence-electron chi connectivity index (χ4n) is 4.24. The predicted molar refractivity (Wildman–Crippen MR) is 194 cm³/mol.